The number of aliphatic hydroxyl groups is 1. The number of rotatable bonds is 14. The Hall–Kier alpha value is -4.53. The van der Waals surface area contributed by atoms with E-state index in [2.05, 4.69) is 11.6 Å². The summed E-state index contributed by atoms with van der Waals surface area (Å²) in [7, 11) is 0. The van der Waals surface area contributed by atoms with E-state index in [0.717, 1.165) is 6.42 Å². The summed E-state index contributed by atoms with van der Waals surface area (Å²) in [5.74, 6) is 0.0127. The van der Waals surface area contributed by atoms with Crippen molar-refractivity contribution in [1.82, 2.24) is 14.5 Å². The lowest BCUT2D eigenvalue weighted by Crippen LogP contribution is -2.31. The van der Waals surface area contributed by atoms with E-state index in [1.165, 1.54) is 4.90 Å². The molecule has 1 saturated heterocycles. The van der Waals surface area contributed by atoms with Crippen molar-refractivity contribution in [2.75, 3.05) is 26.4 Å². The maximum Gasteiger partial charge on any atom is 0.295 e. The number of aryl methyl sites for hydroxylation is 1. The van der Waals surface area contributed by atoms with Crippen LogP contribution in [0.5, 0.6) is 17.2 Å². The SMILES string of the molecule is C=CCOc1ccc(C2/C(=C(\O)c3ccc(OCCC)cc3)C(=O)C(=O)N2CCCn2ccnc2)cc1OCC. The average Bonchev–Trinajstić information content (AvgIpc) is 3.58. The van der Waals surface area contributed by atoms with E-state index < -0.39 is 17.7 Å². The Morgan fingerprint density at radius 1 is 1.05 bits per heavy atom. The van der Waals surface area contributed by atoms with Gasteiger partial charge in [0, 0.05) is 31.0 Å². The minimum absolute atomic E-state index is 0.0251. The van der Waals surface area contributed by atoms with Gasteiger partial charge in [-0.15, -0.1) is 0 Å². The molecule has 0 saturated carbocycles. The van der Waals surface area contributed by atoms with Crippen LogP contribution in [0.3, 0.4) is 0 Å². The van der Waals surface area contributed by atoms with Gasteiger partial charge in [-0.3, -0.25) is 9.59 Å². The summed E-state index contributed by atoms with van der Waals surface area (Å²) < 4.78 is 19.1. The summed E-state index contributed by atoms with van der Waals surface area (Å²) >= 11 is 0. The van der Waals surface area contributed by atoms with Crippen molar-refractivity contribution in [3.63, 3.8) is 0 Å². The highest BCUT2D eigenvalue weighted by molar-refractivity contribution is 6.46. The Balaban J connectivity index is 1.74. The second-order valence-electron chi connectivity index (χ2n) is 9.26. The summed E-state index contributed by atoms with van der Waals surface area (Å²) in [6.07, 6.45) is 8.33. The highest BCUT2D eigenvalue weighted by Gasteiger charge is 2.46. The Kier molecular flexibility index (Phi) is 9.62. The highest BCUT2D eigenvalue weighted by atomic mass is 16.5. The summed E-state index contributed by atoms with van der Waals surface area (Å²) in [6, 6.07) is 11.3. The third kappa shape index (κ3) is 6.36. The number of ether oxygens (including phenoxy) is 3. The van der Waals surface area contributed by atoms with Gasteiger partial charge in [0.05, 0.1) is 31.2 Å². The molecule has 3 aromatic rings. The Bertz CT molecular complexity index is 1350. The van der Waals surface area contributed by atoms with Crippen molar-refractivity contribution < 1.29 is 28.9 Å². The number of aromatic nitrogens is 2. The zero-order valence-electron chi connectivity index (χ0n) is 22.9. The molecule has 9 heteroatoms. The number of amides is 1. The van der Waals surface area contributed by atoms with Gasteiger partial charge < -0.3 is 28.8 Å². The lowest BCUT2D eigenvalue weighted by Gasteiger charge is -2.26. The van der Waals surface area contributed by atoms with Crippen LogP contribution < -0.4 is 14.2 Å². The topological polar surface area (TPSA) is 103 Å². The van der Waals surface area contributed by atoms with Crippen LogP contribution in [0, 0.1) is 0 Å². The minimum Gasteiger partial charge on any atom is -0.507 e. The largest absolute Gasteiger partial charge is 0.507 e. The number of likely N-dealkylation sites (tertiary alicyclic amines) is 1. The third-order valence-corrected chi connectivity index (χ3v) is 6.46. The first-order valence-corrected chi connectivity index (χ1v) is 13.5. The molecule has 0 bridgehead atoms. The van der Waals surface area contributed by atoms with Crippen molar-refractivity contribution in [3.05, 3.63) is 90.5 Å². The van der Waals surface area contributed by atoms with E-state index in [1.54, 1.807) is 61.1 Å². The van der Waals surface area contributed by atoms with Crippen LogP contribution in [-0.4, -0.2) is 57.6 Å². The molecule has 1 amide bonds. The molecular formula is C31H35N3O6. The normalized spacial score (nSPS) is 16.2. The van der Waals surface area contributed by atoms with Gasteiger partial charge in [0.25, 0.3) is 11.7 Å². The smallest absolute Gasteiger partial charge is 0.295 e. The van der Waals surface area contributed by atoms with Crippen molar-refractivity contribution in [3.8, 4) is 17.2 Å². The molecule has 210 valence electrons. The van der Waals surface area contributed by atoms with Gasteiger partial charge in [-0.25, -0.2) is 4.98 Å². The van der Waals surface area contributed by atoms with Crippen molar-refractivity contribution in [2.24, 2.45) is 0 Å². The number of hydrogen-bond donors (Lipinski definition) is 1. The molecule has 1 aromatic heterocycles. The molecule has 2 heterocycles. The Morgan fingerprint density at radius 3 is 2.52 bits per heavy atom. The number of hydrogen-bond acceptors (Lipinski definition) is 7. The molecule has 0 radical (unpaired) electrons. The lowest BCUT2D eigenvalue weighted by atomic mass is 9.95. The fourth-order valence-electron chi connectivity index (χ4n) is 4.62. The maximum absolute atomic E-state index is 13.4. The number of ketones is 1. The number of benzene rings is 2. The number of aliphatic hydroxyl groups excluding tert-OH is 1. The zero-order chi connectivity index (χ0) is 28.5. The van der Waals surface area contributed by atoms with E-state index in [0.29, 0.717) is 67.7 Å². The predicted octanol–water partition coefficient (Wildman–Crippen LogP) is 5.15. The second-order valence-corrected chi connectivity index (χ2v) is 9.26. The van der Waals surface area contributed by atoms with Crippen molar-refractivity contribution in [1.29, 1.82) is 0 Å². The third-order valence-electron chi connectivity index (χ3n) is 6.46. The molecule has 9 nitrogen and oxygen atoms in total. The minimum atomic E-state index is -0.813. The van der Waals surface area contributed by atoms with Gasteiger partial charge in [-0.2, -0.15) is 0 Å². The van der Waals surface area contributed by atoms with E-state index in [4.69, 9.17) is 14.2 Å². The van der Waals surface area contributed by atoms with Gasteiger partial charge in [0.15, 0.2) is 11.5 Å². The van der Waals surface area contributed by atoms with Crippen molar-refractivity contribution in [2.45, 2.75) is 39.3 Å². The molecule has 0 aliphatic carbocycles. The number of carbonyl (C=O) groups excluding carboxylic acids is 2. The first-order chi connectivity index (χ1) is 19.5. The van der Waals surface area contributed by atoms with Gasteiger partial charge >= 0.3 is 0 Å². The molecule has 1 fully saturated rings. The number of Topliss-reactive ketones (excluding diaryl/α,β-unsaturated/α-hetero) is 1. The Labute approximate surface area is 234 Å². The van der Waals surface area contributed by atoms with Gasteiger partial charge in [-0.05, 0) is 61.7 Å². The van der Waals surface area contributed by atoms with Crippen LogP contribution >= 0.6 is 0 Å². The first-order valence-electron chi connectivity index (χ1n) is 13.5. The predicted molar refractivity (Wildman–Crippen MR) is 151 cm³/mol. The van der Waals surface area contributed by atoms with Crippen molar-refractivity contribution >= 4 is 17.4 Å². The van der Waals surface area contributed by atoms with Gasteiger partial charge in [0.2, 0.25) is 0 Å². The van der Waals surface area contributed by atoms with Crippen LogP contribution in [0.15, 0.2) is 79.4 Å². The second kappa shape index (κ2) is 13.5. The lowest BCUT2D eigenvalue weighted by molar-refractivity contribution is -0.139. The molecule has 4 rings (SSSR count). The van der Waals surface area contributed by atoms with Crippen LogP contribution in [0.25, 0.3) is 5.76 Å². The molecule has 1 N–H and O–H groups in total. The first kappa shape index (κ1) is 28.5. The quantitative estimate of drug-likeness (QED) is 0.129. The summed E-state index contributed by atoms with van der Waals surface area (Å²) in [4.78, 5) is 32.3. The molecule has 1 unspecified atom stereocenters. The number of imidazole rings is 1. The van der Waals surface area contributed by atoms with Crippen LogP contribution in [-0.2, 0) is 16.1 Å². The van der Waals surface area contributed by atoms with Gasteiger partial charge in [-0.1, -0.05) is 25.6 Å². The van der Waals surface area contributed by atoms with Crippen LogP contribution in [0.4, 0.5) is 0 Å². The van der Waals surface area contributed by atoms with Gasteiger partial charge in [0.1, 0.15) is 18.1 Å². The fraction of sp³-hybridized carbons (Fsp3) is 0.323. The van der Waals surface area contributed by atoms with E-state index in [9.17, 15) is 14.7 Å². The van der Waals surface area contributed by atoms with Crippen LogP contribution in [0.1, 0.15) is 43.9 Å². The van der Waals surface area contributed by atoms with E-state index in [1.807, 2.05) is 24.6 Å². The maximum atomic E-state index is 13.4. The standard InChI is InChI=1S/C31H35N3O6/c1-4-18-39-24-11-8-22(9-12-24)29(35)27-28(23-10-13-25(40-19-5-2)26(20-23)38-6-3)34(31(37)30(27)36)16-7-15-33-17-14-32-21-33/h5,8-14,17,20-21,28,35H,2,4,6-7,15-16,18-19H2,1,3H3/b29-27+. The van der Waals surface area contributed by atoms with E-state index >= 15 is 0 Å². The number of carbonyl (C=O) groups is 2. The molecule has 1 aliphatic heterocycles. The average molecular weight is 546 g/mol. The number of nitrogens with zero attached hydrogens (tertiary/aromatic N) is 3. The molecule has 1 aliphatic rings. The zero-order valence-corrected chi connectivity index (χ0v) is 22.9. The van der Waals surface area contributed by atoms with Crippen LogP contribution in [0.2, 0.25) is 0 Å². The molecule has 1 atom stereocenters. The molecular weight excluding hydrogens is 510 g/mol. The summed E-state index contributed by atoms with van der Waals surface area (Å²) in [5, 5.41) is 11.4. The fourth-order valence-corrected chi connectivity index (χ4v) is 4.62. The molecule has 40 heavy (non-hydrogen) atoms. The molecule has 2 aromatic carbocycles. The summed E-state index contributed by atoms with van der Waals surface area (Å²) in [6.45, 7) is 9.75. The Morgan fingerprint density at radius 2 is 1.85 bits per heavy atom. The highest BCUT2D eigenvalue weighted by Crippen LogP contribution is 2.42. The monoisotopic (exact) mass is 545 g/mol. The van der Waals surface area contributed by atoms with E-state index in [-0.39, 0.29) is 11.3 Å². The molecule has 0 spiro atoms. The summed E-state index contributed by atoms with van der Waals surface area (Å²) in [5.41, 5.74) is 1.07.